The van der Waals surface area contributed by atoms with Gasteiger partial charge in [-0.15, -0.1) is 0 Å². The third kappa shape index (κ3) is 3.38. The molecule has 1 saturated heterocycles. The number of rotatable bonds is 3. The van der Waals surface area contributed by atoms with Gasteiger partial charge in [-0.05, 0) is 44.2 Å². The van der Waals surface area contributed by atoms with E-state index in [1.807, 2.05) is 0 Å². The van der Waals surface area contributed by atoms with Gasteiger partial charge in [-0.3, -0.25) is 4.99 Å². The number of ether oxygens (including phenoxy) is 1. The van der Waals surface area contributed by atoms with Crippen LogP contribution in [0.5, 0.6) is 0 Å². The Kier molecular flexibility index (Phi) is 4.76. The smallest absolute Gasteiger partial charge is 0.198 e. The minimum Gasteiger partial charge on any atom is -0.376 e. The lowest BCUT2D eigenvalue weighted by Gasteiger charge is -2.25. The lowest BCUT2D eigenvalue weighted by molar-refractivity contribution is 0.0224. The molecular formula is C17H25N3O. The van der Waals surface area contributed by atoms with Gasteiger partial charge >= 0.3 is 0 Å². The van der Waals surface area contributed by atoms with Gasteiger partial charge in [-0.1, -0.05) is 18.2 Å². The van der Waals surface area contributed by atoms with Gasteiger partial charge in [0.2, 0.25) is 0 Å². The Hall–Kier alpha value is -1.55. The van der Waals surface area contributed by atoms with E-state index in [4.69, 9.17) is 9.73 Å². The molecule has 2 aliphatic rings. The predicted molar refractivity (Wildman–Crippen MR) is 87.1 cm³/mol. The summed E-state index contributed by atoms with van der Waals surface area (Å²) in [6, 6.07) is 8.61. The maximum Gasteiger partial charge on any atom is 0.198 e. The normalized spacial score (nSPS) is 22.2. The maximum absolute atomic E-state index is 5.79. The standard InChI is InChI=1S/C17H25N3O/c1-2-18-17(19-13-15-8-5-6-12-21-15)20-11-10-14-7-3-4-9-16(14)20/h3-4,7,9,15H,2,5-6,8,10-13H2,1H3,(H,18,19). The number of nitrogens with one attached hydrogen (secondary N) is 1. The molecular weight excluding hydrogens is 262 g/mol. The highest BCUT2D eigenvalue weighted by Gasteiger charge is 2.23. The van der Waals surface area contributed by atoms with E-state index in [0.29, 0.717) is 6.10 Å². The molecule has 114 valence electrons. The van der Waals surface area contributed by atoms with Crippen molar-refractivity contribution in [2.45, 2.75) is 38.7 Å². The molecule has 0 radical (unpaired) electrons. The molecule has 0 aliphatic carbocycles. The first-order chi connectivity index (χ1) is 10.4. The van der Waals surface area contributed by atoms with Gasteiger partial charge in [0, 0.05) is 25.4 Å². The van der Waals surface area contributed by atoms with Crippen LogP contribution in [0.2, 0.25) is 0 Å². The molecule has 1 aromatic carbocycles. The minimum absolute atomic E-state index is 0.297. The van der Waals surface area contributed by atoms with Gasteiger partial charge in [0.25, 0.3) is 0 Å². The van der Waals surface area contributed by atoms with E-state index in [1.54, 1.807) is 0 Å². The first-order valence-corrected chi connectivity index (χ1v) is 8.14. The molecule has 0 saturated carbocycles. The summed E-state index contributed by atoms with van der Waals surface area (Å²) in [5.41, 5.74) is 2.71. The van der Waals surface area contributed by atoms with Crippen LogP contribution in [0, 0.1) is 0 Å². The molecule has 2 heterocycles. The van der Waals surface area contributed by atoms with Gasteiger partial charge in [0.1, 0.15) is 0 Å². The molecule has 0 bridgehead atoms. The van der Waals surface area contributed by atoms with Gasteiger partial charge in [-0.25, -0.2) is 0 Å². The highest BCUT2D eigenvalue weighted by molar-refractivity contribution is 5.97. The zero-order valence-electron chi connectivity index (χ0n) is 12.8. The minimum atomic E-state index is 0.297. The number of para-hydroxylation sites is 1. The van der Waals surface area contributed by atoms with E-state index in [2.05, 4.69) is 41.4 Å². The van der Waals surface area contributed by atoms with Crippen molar-refractivity contribution in [3.05, 3.63) is 29.8 Å². The zero-order chi connectivity index (χ0) is 14.5. The molecule has 0 aromatic heterocycles. The second kappa shape index (κ2) is 6.94. The molecule has 21 heavy (non-hydrogen) atoms. The van der Waals surface area contributed by atoms with Crippen LogP contribution in [0.1, 0.15) is 31.7 Å². The number of benzene rings is 1. The van der Waals surface area contributed by atoms with Crippen molar-refractivity contribution < 1.29 is 4.74 Å². The van der Waals surface area contributed by atoms with Crippen LogP contribution in [-0.4, -0.2) is 38.3 Å². The maximum atomic E-state index is 5.79. The molecule has 0 amide bonds. The van der Waals surface area contributed by atoms with Crippen molar-refractivity contribution in [2.24, 2.45) is 4.99 Å². The quantitative estimate of drug-likeness (QED) is 0.686. The fraction of sp³-hybridized carbons (Fsp3) is 0.588. The van der Waals surface area contributed by atoms with Crippen molar-refractivity contribution in [1.29, 1.82) is 0 Å². The lowest BCUT2D eigenvalue weighted by Crippen LogP contribution is -2.41. The van der Waals surface area contributed by atoms with Gasteiger partial charge in [-0.2, -0.15) is 0 Å². The summed E-state index contributed by atoms with van der Waals surface area (Å²) in [5, 5.41) is 3.43. The van der Waals surface area contributed by atoms with Gasteiger partial charge in [0.05, 0.1) is 12.6 Å². The summed E-state index contributed by atoms with van der Waals surface area (Å²) in [5.74, 6) is 0.997. The number of hydrogen-bond donors (Lipinski definition) is 1. The van der Waals surface area contributed by atoms with Crippen LogP contribution in [0.3, 0.4) is 0 Å². The van der Waals surface area contributed by atoms with E-state index < -0.39 is 0 Å². The number of hydrogen-bond acceptors (Lipinski definition) is 2. The fourth-order valence-electron chi connectivity index (χ4n) is 3.09. The Morgan fingerprint density at radius 3 is 3.10 bits per heavy atom. The summed E-state index contributed by atoms with van der Waals surface area (Å²) < 4.78 is 5.79. The molecule has 2 aliphatic heterocycles. The summed E-state index contributed by atoms with van der Waals surface area (Å²) in [6.07, 6.45) is 4.99. The second-order valence-electron chi connectivity index (χ2n) is 5.71. The van der Waals surface area contributed by atoms with Crippen LogP contribution >= 0.6 is 0 Å². The van der Waals surface area contributed by atoms with Crippen molar-refractivity contribution in [3.8, 4) is 0 Å². The van der Waals surface area contributed by atoms with Crippen molar-refractivity contribution in [2.75, 3.05) is 31.1 Å². The summed E-state index contributed by atoms with van der Waals surface area (Å²) in [7, 11) is 0. The molecule has 0 spiro atoms. The molecule has 4 nitrogen and oxygen atoms in total. The number of guanidine groups is 1. The monoisotopic (exact) mass is 287 g/mol. The van der Waals surface area contributed by atoms with Crippen molar-refractivity contribution >= 4 is 11.6 Å². The first kappa shape index (κ1) is 14.4. The molecule has 3 rings (SSSR count). The molecule has 1 N–H and O–H groups in total. The molecule has 1 unspecified atom stereocenters. The van der Waals surface area contributed by atoms with E-state index in [0.717, 1.165) is 45.0 Å². The van der Waals surface area contributed by atoms with E-state index >= 15 is 0 Å². The first-order valence-electron chi connectivity index (χ1n) is 8.14. The Morgan fingerprint density at radius 1 is 1.38 bits per heavy atom. The van der Waals surface area contributed by atoms with Gasteiger partial charge < -0.3 is 15.0 Å². The SMILES string of the molecule is CCNC(=NCC1CCCCO1)N1CCc2ccccc21. The Balaban J connectivity index is 1.72. The van der Waals surface area contributed by atoms with E-state index in [1.165, 1.54) is 24.1 Å². The van der Waals surface area contributed by atoms with Crippen LogP contribution in [0.15, 0.2) is 29.3 Å². The number of anilines is 1. The highest BCUT2D eigenvalue weighted by atomic mass is 16.5. The Labute approximate surface area is 127 Å². The topological polar surface area (TPSA) is 36.9 Å². The average Bonchev–Trinajstić information content (AvgIpc) is 2.96. The third-order valence-corrected chi connectivity index (χ3v) is 4.20. The van der Waals surface area contributed by atoms with E-state index in [-0.39, 0.29) is 0 Å². The third-order valence-electron chi connectivity index (χ3n) is 4.20. The van der Waals surface area contributed by atoms with Crippen LogP contribution in [0.25, 0.3) is 0 Å². The Morgan fingerprint density at radius 2 is 2.29 bits per heavy atom. The summed E-state index contributed by atoms with van der Waals surface area (Å²) in [4.78, 5) is 7.13. The predicted octanol–water partition coefficient (Wildman–Crippen LogP) is 2.58. The van der Waals surface area contributed by atoms with Crippen molar-refractivity contribution in [1.82, 2.24) is 5.32 Å². The molecule has 1 aromatic rings. The average molecular weight is 287 g/mol. The van der Waals surface area contributed by atoms with Crippen LogP contribution in [0.4, 0.5) is 5.69 Å². The summed E-state index contributed by atoms with van der Waals surface area (Å²) >= 11 is 0. The Bertz CT molecular complexity index is 495. The van der Waals surface area contributed by atoms with E-state index in [9.17, 15) is 0 Å². The van der Waals surface area contributed by atoms with Crippen molar-refractivity contribution in [3.63, 3.8) is 0 Å². The largest absolute Gasteiger partial charge is 0.376 e. The van der Waals surface area contributed by atoms with Gasteiger partial charge in [0.15, 0.2) is 5.96 Å². The molecule has 1 fully saturated rings. The lowest BCUT2D eigenvalue weighted by atomic mass is 10.1. The second-order valence-corrected chi connectivity index (χ2v) is 5.71. The van der Waals surface area contributed by atoms with Crippen LogP contribution < -0.4 is 10.2 Å². The number of fused-ring (bicyclic) bond motifs is 1. The fourth-order valence-corrected chi connectivity index (χ4v) is 3.09. The zero-order valence-corrected chi connectivity index (χ0v) is 12.8. The summed E-state index contributed by atoms with van der Waals surface area (Å²) in [6.45, 7) is 5.68. The molecule has 1 atom stereocenters. The highest BCUT2D eigenvalue weighted by Crippen LogP contribution is 2.27. The molecule has 4 heteroatoms. The number of aliphatic imine (C=N–C) groups is 1. The van der Waals surface area contributed by atoms with Crippen LogP contribution in [-0.2, 0) is 11.2 Å². The number of nitrogens with zero attached hydrogens (tertiary/aromatic N) is 2.